The van der Waals surface area contributed by atoms with Gasteiger partial charge in [-0.1, -0.05) is 13.0 Å². The second-order valence-electron chi connectivity index (χ2n) is 5.71. The summed E-state index contributed by atoms with van der Waals surface area (Å²) in [6.45, 7) is 8.03. The summed E-state index contributed by atoms with van der Waals surface area (Å²) in [6.07, 6.45) is -5.30. The topological polar surface area (TPSA) is 35.5 Å². The molecule has 0 aliphatic heterocycles. The standard InChI is InChI=1S/C15H19F3O3/c1-6-10-7-9(2)12(11(8-10)15(16,17)18)20-13(19)21-14(3,4)5/h7-8H,6H2,1-5H3. The first-order chi connectivity index (χ1) is 9.44. The largest absolute Gasteiger partial charge is 0.514 e. The minimum absolute atomic E-state index is 0.243. The van der Waals surface area contributed by atoms with E-state index in [0.717, 1.165) is 6.07 Å². The molecule has 0 bridgehead atoms. The summed E-state index contributed by atoms with van der Waals surface area (Å²) < 4.78 is 49.0. The Bertz CT molecular complexity index is 528. The molecule has 0 aliphatic rings. The summed E-state index contributed by atoms with van der Waals surface area (Å²) in [5.41, 5.74) is -1.04. The average Bonchev–Trinajstić information content (AvgIpc) is 2.27. The summed E-state index contributed by atoms with van der Waals surface area (Å²) in [7, 11) is 0. The minimum Gasteiger partial charge on any atom is -0.428 e. The third kappa shape index (κ3) is 4.95. The van der Waals surface area contributed by atoms with E-state index in [0.29, 0.717) is 12.0 Å². The predicted molar refractivity (Wildman–Crippen MR) is 72.4 cm³/mol. The van der Waals surface area contributed by atoms with Gasteiger partial charge in [0.15, 0.2) is 0 Å². The number of benzene rings is 1. The fraction of sp³-hybridized carbons (Fsp3) is 0.533. The Labute approximate surface area is 122 Å². The van der Waals surface area contributed by atoms with Crippen molar-refractivity contribution in [1.29, 1.82) is 0 Å². The number of hydrogen-bond donors (Lipinski definition) is 0. The van der Waals surface area contributed by atoms with Gasteiger partial charge in [-0.05, 0) is 51.3 Å². The van der Waals surface area contributed by atoms with Gasteiger partial charge < -0.3 is 9.47 Å². The van der Waals surface area contributed by atoms with Crippen LogP contribution in [0.3, 0.4) is 0 Å². The van der Waals surface area contributed by atoms with Crippen LogP contribution >= 0.6 is 0 Å². The Morgan fingerprint density at radius 2 is 1.76 bits per heavy atom. The lowest BCUT2D eigenvalue weighted by atomic mass is 10.0. The van der Waals surface area contributed by atoms with E-state index >= 15 is 0 Å². The molecule has 118 valence electrons. The van der Waals surface area contributed by atoms with E-state index in [1.165, 1.54) is 6.92 Å². The fourth-order valence-corrected chi connectivity index (χ4v) is 1.75. The molecule has 1 aromatic carbocycles. The van der Waals surface area contributed by atoms with Crippen molar-refractivity contribution >= 4 is 6.16 Å². The van der Waals surface area contributed by atoms with E-state index in [4.69, 9.17) is 9.47 Å². The number of aryl methyl sites for hydroxylation is 2. The molecule has 3 nitrogen and oxygen atoms in total. The molecular formula is C15H19F3O3. The average molecular weight is 304 g/mol. The molecule has 21 heavy (non-hydrogen) atoms. The van der Waals surface area contributed by atoms with Crippen LogP contribution < -0.4 is 4.74 Å². The molecule has 0 spiro atoms. The van der Waals surface area contributed by atoms with Gasteiger partial charge >= 0.3 is 12.3 Å². The third-order valence-electron chi connectivity index (χ3n) is 2.62. The van der Waals surface area contributed by atoms with Gasteiger partial charge in [-0.2, -0.15) is 13.2 Å². The van der Waals surface area contributed by atoms with Gasteiger partial charge in [-0.25, -0.2) is 4.79 Å². The zero-order valence-corrected chi connectivity index (χ0v) is 12.7. The van der Waals surface area contributed by atoms with Crippen LogP contribution in [0.4, 0.5) is 18.0 Å². The van der Waals surface area contributed by atoms with Gasteiger partial charge in [0.2, 0.25) is 0 Å². The maximum absolute atomic E-state index is 13.1. The highest BCUT2D eigenvalue weighted by molar-refractivity contribution is 5.66. The molecule has 1 aromatic rings. The van der Waals surface area contributed by atoms with Crippen LogP contribution in [0.1, 0.15) is 44.4 Å². The quantitative estimate of drug-likeness (QED) is 0.576. The smallest absolute Gasteiger partial charge is 0.428 e. The molecule has 0 atom stereocenters. The Hall–Kier alpha value is -1.72. The Kier molecular flexibility index (Phi) is 4.91. The maximum Gasteiger partial charge on any atom is 0.514 e. The van der Waals surface area contributed by atoms with E-state index in [1.807, 2.05) is 0 Å². The highest BCUT2D eigenvalue weighted by Gasteiger charge is 2.36. The summed E-state index contributed by atoms with van der Waals surface area (Å²) in [6, 6.07) is 2.56. The predicted octanol–water partition coefficient (Wildman–Crippen LogP) is 4.89. The van der Waals surface area contributed by atoms with E-state index < -0.39 is 29.2 Å². The Morgan fingerprint density at radius 3 is 2.19 bits per heavy atom. The molecule has 0 saturated carbocycles. The lowest BCUT2D eigenvalue weighted by Crippen LogP contribution is -2.27. The molecule has 0 saturated heterocycles. The van der Waals surface area contributed by atoms with Crippen LogP contribution in [-0.4, -0.2) is 11.8 Å². The molecule has 1 rings (SSSR count). The van der Waals surface area contributed by atoms with Crippen molar-refractivity contribution in [2.45, 2.75) is 52.8 Å². The SMILES string of the molecule is CCc1cc(C)c(OC(=O)OC(C)(C)C)c(C(F)(F)F)c1. The molecule has 0 amide bonds. The first-order valence-corrected chi connectivity index (χ1v) is 6.55. The molecule has 6 heteroatoms. The highest BCUT2D eigenvalue weighted by Crippen LogP contribution is 2.39. The molecule has 0 unspecified atom stereocenters. The van der Waals surface area contributed by atoms with Gasteiger partial charge in [0.1, 0.15) is 11.4 Å². The van der Waals surface area contributed by atoms with Crippen LogP contribution in [0.25, 0.3) is 0 Å². The van der Waals surface area contributed by atoms with Crippen LogP contribution in [0, 0.1) is 6.92 Å². The third-order valence-corrected chi connectivity index (χ3v) is 2.62. The number of halogens is 3. The molecule has 0 radical (unpaired) electrons. The molecule has 0 fully saturated rings. The number of rotatable bonds is 2. The summed E-state index contributed by atoms with van der Waals surface area (Å²) >= 11 is 0. The number of carbonyl (C=O) groups excluding carboxylic acids is 1. The van der Waals surface area contributed by atoms with Crippen LogP contribution in [0.15, 0.2) is 12.1 Å². The van der Waals surface area contributed by atoms with Crippen LogP contribution in [0.2, 0.25) is 0 Å². The number of carbonyl (C=O) groups is 1. The lowest BCUT2D eigenvalue weighted by molar-refractivity contribution is -0.138. The fourth-order valence-electron chi connectivity index (χ4n) is 1.75. The maximum atomic E-state index is 13.1. The Morgan fingerprint density at radius 1 is 1.19 bits per heavy atom. The normalized spacial score (nSPS) is 12.2. The van der Waals surface area contributed by atoms with E-state index in [2.05, 4.69) is 0 Å². The van der Waals surface area contributed by atoms with Gasteiger partial charge in [-0.3, -0.25) is 0 Å². The van der Waals surface area contributed by atoms with E-state index in [9.17, 15) is 18.0 Å². The number of hydrogen-bond acceptors (Lipinski definition) is 3. The van der Waals surface area contributed by atoms with E-state index in [-0.39, 0.29) is 5.56 Å². The zero-order chi connectivity index (χ0) is 16.4. The van der Waals surface area contributed by atoms with Gasteiger partial charge in [0, 0.05) is 0 Å². The Balaban J connectivity index is 3.20. The minimum atomic E-state index is -4.60. The van der Waals surface area contributed by atoms with Gasteiger partial charge in [0.05, 0.1) is 5.56 Å². The number of ether oxygens (including phenoxy) is 2. The molecule has 0 heterocycles. The van der Waals surface area contributed by atoms with Crippen molar-refractivity contribution in [2.75, 3.05) is 0 Å². The summed E-state index contributed by atoms with van der Waals surface area (Å²) in [5, 5.41) is 0. The second kappa shape index (κ2) is 5.95. The second-order valence-corrected chi connectivity index (χ2v) is 5.71. The first-order valence-electron chi connectivity index (χ1n) is 6.55. The van der Waals surface area contributed by atoms with Crippen molar-refractivity contribution in [1.82, 2.24) is 0 Å². The van der Waals surface area contributed by atoms with Crippen LogP contribution in [-0.2, 0) is 17.3 Å². The van der Waals surface area contributed by atoms with Crippen molar-refractivity contribution in [3.8, 4) is 5.75 Å². The van der Waals surface area contributed by atoms with Gasteiger partial charge in [0.25, 0.3) is 0 Å². The first kappa shape index (κ1) is 17.3. The zero-order valence-electron chi connectivity index (χ0n) is 12.7. The highest BCUT2D eigenvalue weighted by atomic mass is 19.4. The van der Waals surface area contributed by atoms with Gasteiger partial charge in [-0.15, -0.1) is 0 Å². The molecule has 0 aromatic heterocycles. The van der Waals surface area contributed by atoms with Crippen molar-refractivity contribution in [2.24, 2.45) is 0 Å². The summed E-state index contributed by atoms with van der Waals surface area (Å²) in [5.74, 6) is -0.506. The molecular weight excluding hydrogens is 285 g/mol. The number of alkyl halides is 3. The van der Waals surface area contributed by atoms with Crippen molar-refractivity contribution < 1.29 is 27.4 Å². The lowest BCUT2D eigenvalue weighted by Gasteiger charge is -2.21. The summed E-state index contributed by atoms with van der Waals surface area (Å²) in [4.78, 5) is 11.6. The van der Waals surface area contributed by atoms with E-state index in [1.54, 1.807) is 33.8 Å². The van der Waals surface area contributed by atoms with Crippen LogP contribution in [0.5, 0.6) is 5.75 Å². The van der Waals surface area contributed by atoms with Crippen molar-refractivity contribution in [3.63, 3.8) is 0 Å². The monoisotopic (exact) mass is 304 g/mol. The molecule has 0 N–H and O–H groups in total. The molecule has 0 aliphatic carbocycles. The van der Waals surface area contributed by atoms with Crippen molar-refractivity contribution in [3.05, 3.63) is 28.8 Å².